The van der Waals surface area contributed by atoms with Gasteiger partial charge in [-0.2, -0.15) is 0 Å². The third-order valence-electron chi connectivity index (χ3n) is 2.97. The lowest BCUT2D eigenvalue weighted by atomic mass is 10.2. The zero-order valence-electron chi connectivity index (χ0n) is 9.33. The Kier molecular flexibility index (Phi) is 2.86. The number of nitrogens with one attached hydrogen (secondary N) is 1. The first kappa shape index (κ1) is 10.4. The van der Waals surface area contributed by atoms with Gasteiger partial charge in [-0.15, -0.1) is 0 Å². The van der Waals surface area contributed by atoms with Crippen molar-refractivity contribution in [1.29, 1.82) is 0 Å². The van der Waals surface area contributed by atoms with E-state index in [1.807, 2.05) is 13.8 Å². The molecule has 0 radical (unpaired) electrons. The summed E-state index contributed by atoms with van der Waals surface area (Å²) in [5.41, 5.74) is 7.68. The summed E-state index contributed by atoms with van der Waals surface area (Å²) in [4.78, 5) is 8.72. The van der Waals surface area contributed by atoms with Crippen LogP contribution in [0.5, 0.6) is 0 Å². The van der Waals surface area contributed by atoms with Gasteiger partial charge in [0.25, 0.3) is 0 Å². The van der Waals surface area contributed by atoms with Gasteiger partial charge in [0.2, 0.25) is 0 Å². The Morgan fingerprint density at radius 3 is 2.73 bits per heavy atom. The van der Waals surface area contributed by atoms with Crippen LogP contribution >= 0.6 is 0 Å². The van der Waals surface area contributed by atoms with E-state index >= 15 is 0 Å². The molecule has 15 heavy (non-hydrogen) atoms. The van der Waals surface area contributed by atoms with Crippen molar-refractivity contribution in [3.63, 3.8) is 0 Å². The molecule has 1 fully saturated rings. The minimum absolute atomic E-state index is 0.362. The predicted molar refractivity (Wildman–Crippen MR) is 60.7 cm³/mol. The summed E-state index contributed by atoms with van der Waals surface area (Å²) in [5.74, 6) is 1.58. The average molecular weight is 206 g/mol. The fraction of sp³-hybridized carbons (Fsp3) is 0.636. The molecule has 0 spiro atoms. The minimum atomic E-state index is 0.362. The van der Waals surface area contributed by atoms with Crippen LogP contribution < -0.4 is 11.1 Å². The molecule has 1 aliphatic carbocycles. The second-order valence-electron chi connectivity index (χ2n) is 4.25. The van der Waals surface area contributed by atoms with Crippen molar-refractivity contribution in [2.75, 3.05) is 11.9 Å². The van der Waals surface area contributed by atoms with Crippen molar-refractivity contribution < 1.29 is 0 Å². The molecule has 0 amide bonds. The molecule has 1 unspecified atom stereocenters. The van der Waals surface area contributed by atoms with Crippen LogP contribution in [0.15, 0.2) is 6.20 Å². The van der Waals surface area contributed by atoms with E-state index in [1.54, 1.807) is 6.20 Å². The molecule has 4 heteroatoms. The topological polar surface area (TPSA) is 63.8 Å². The molecule has 1 atom stereocenters. The second kappa shape index (κ2) is 4.14. The lowest BCUT2D eigenvalue weighted by molar-refractivity contribution is 0.641. The van der Waals surface area contributed by atoms with Crippen LogP contribution in [-0.2, 0) is 0 Å². The maximum atomic E-state index is 5.72. The summed E-state index contributed by atoms with van der Waals surface area (Å²) in [5, 5.41) is 3.36. The molecule has 82 valence electrons. The van der Waals surface area contributed by atoms with Gasteiger partial charge in [-0.05, 0) is 32.6 Å². The van der Waals surface area contributed by atoms with Crippen LogP contribution in [-0.4, -0.2) is 22.6 Å². The van der Waals surface area contributed by atoms with Gasteiger partial charge in [0.1, 0.15) is 5.82 Å². The SMILES string of the molecule is Cc1ncc(NC(CN)C2CC2)nc1C. The van der Waals surface area contributed by atoms with Crippen molar-refractivity contribution >= 4 is 5.82 Å². The minimum Gasteiger partial charge on any atom is -0.365 e. The van der Waals surface area contributed by atoms with Crippen LogP contribution in [0, 0.1) is 19.8 Å². The lowest BCUT2D eigenvalue weighted by Gasteiger charge is -2.16. The predicted octanol–water partition coefficient (Wildman–Crippen LogP) is 1.24. The monoisotopic (exact) mass is 206 g/mol. The Morgan fingerprint density at radius 1 is 1.47 bits per heavy atom. The van der Waals surface area contributed by atoms with E-state index in [-0.39, 0.29) is 0 Å². The largest absolute Gasteiger partial charge is 0.365 e. The van der Waals surface area contributed by atoms with Gasteiger partial charge in [0.15, 0.2) is 0 Å². The molecule has 3 N–H and O–H groups in total. The summed E-state index contributed by atoms with van der Waals surface area (Å²) in [6.45, 7) is 4.61. The fourth-order valence-electron chi connectivity index (χ4n) is 1.67. The van der Waals surface area contributed by atoms with Crippen molar-refractivity contribution in [2.45, 2.75) is 32.7 Å². The van der Waals surface area contributed by atoms with Gasteiger partial charge in [-0.1, -0.05) is 0 Å². The third kappa shape index (κ3) is 2.45. The number of hydrogen-bond donors (Lipinski definition) is 2. The zero-order chi connectivity index (χ0) is 10.8. The number of aromatic nitrogens is 2. The molecular formula is C11H18N4. The van der Waals surface area contributed by atoms with E-state index in [4.69, 9.17) is 5.73 Å². The van der Waals surface area contributed by atoms with Gasteiger partial charge in [-0.3, -0.25) is 4.98 Å². The third-order valence-corrected chi connectivity index (χ3v) is 2.97. The number of hydrogen-bond acceptors (Lipinski definition) is 4. The van der Waals surface area contributed by atoms with E-state index in [1.165, 1.54) is 12.8 Å². The van der Waals surface area contributed by atoms with Crippen LogP contribution in [0.4, 0.5) is 5.82 Å². The van der Waals surface area contributed by atoms with Gasteiger partial charge in [0.05, 0.1) is 17.6 Å². The Morgan fingerprint density at radius 2 is 2.20 bits per heavy atom. The first-order chi connectivity index (χ1) is 7.20. The molecule has 1 aliphatic rings. The van der Waals surface area contributed by atoms with E-state index < -0.39 is 0 Å². The summed E-state index contributed by atoms with van der Waals surface area (Å²) in [7, 11) is 0. The van der Waals surface area contributed by atoms with Crippen LogP contribution in [0.3, 0.4) is 0 Å². The van der Waals surface area contributed by atoms with E-state index in [0.29, 0.717) is 12.6 Å². The van der Waals surface area contributed by atoms with Crippen molar-refractivity contribution in [2.24, 2.45) is 11.7 Å². The number of rotatable bonds is 4. The maximum Gasteiger partial charge on any atom is 0.145 e. The highest BCUT2D eigenvalue weighted by Gasteiger charge is 2.30. The smallest absolute Gasteiger partial charge is 0.145 e. The lowest BCUT2D eigenvalue weighted by Crippen LogP contribution is -2.31. The number of nitrogens with two attached hydrogens (primary N) is 1. The Balaban J connectivity index is 2.05. The molecule has 1 heterocycles. The van der Waals surface area contributed by atoms with Gasteiger partial charge < -0.3 is 11.1 Å². The average Bonchev–Trinajstić information content (AvgIpc) is 3.03. The molecule has 4 nitrogen and oxygen atoms in total. The fourth-order valence-corrected chi connectivity index (χ4v) is 1.67. The van der Waals surface area contributed by atoms with Crippen LogP contribution in [0.1, 0.15) is 24.2 Å². The summed E-state index contributed by atoms with van der Waals surface area (Å²) >= 11 is 0. The molecule has 0 aromatic carbocycles. The van der Waals surface area contributed by atoms with Gasteiger partial charge in [-0.25, -0.2) is 4.98 Å². The van der Waals surface area contributed by atoms with Crippen LogP contribution in [0.25, 0.3) is 0 Å². The van der Waals surface area contributed by atoms with Gasteiger partial charge in [0, 0.05) is 12.6 Å². The first-order valence-electron chi connectivity index (χ1n) is 5.47. The zero-order valence-corrected chi connectivity index (χ0v) is 9.33. The van der Waals surface area contributed by atoms with Gasteiger partial charge >= 0.3 is 0 Å². The standard InChI is InChI=1S/C11H18N4/c1-7-8(2)14-11(6-13-7)15-10(5-12)9-3-4-9/h6,9-10H,3-5,12H2,1-2H3,(H,14,15). The summed E-state index contributed by atoms with van der Waals surface area (Å²) in [6, 6.07) is 0.362. The van der Waals surface area contributed by atoms with E-state index in [9.17, 15) is 0 Å². The van der Waals surface area contributed by atoms with Crippen molar-refractivity contribution in [3.8, 4) is 0 Å². The Hall–Kier alpha value is -1.16. The molecule has 2 rings (SSSR count). The van der Waals surface area contributed by atoms with Crippen molar-refractivity contribution in [1.82, 2.24) is 9.97 Å². The summed E-state index contributed by atoms with van der Waals surface area (Å²) in [6.07, 6.45) is 4.35. The van der Waals surface area contributed by atoms with E-state index in [0.717, 1.165) is 23.1 Å². The molecule has 1 saturated carbocycles. The Labute approximate surface area is 90.3 Å². The van der Waals surface area contributed by atoms with Crippen molar-refractivity contribution in [3.05, 3.63) is 17.6 Å². The van der Waals surface area contributed by atoms with E-state index in [2.05, 4.69) is 15.3 Å². The first-order valence-corrected chi connectivity index (χ1v) is 5.47. The second-order valence-corrected chi connectivity index (χ2v) is 4.25. The van der Waals surface area contributed by atoms with Crippen LogP contribution in [0.2, 0.25) is 0 Å². The molecule has 1 aromatic heterocycles. The number of aryl methyl sites for hydroxylation is 2. The summed E-state index contributed by atoms with van der Waals surface area (Å²) < 4.78 is 0. The molecule has 0 saturated heterocycles. The maximum absolute atomic E-state index is 5.72. The molecule has 0 aliphatic heterocycles. The molecule has 0 bridgehead atoms. The highest BCUT2D eigenvalue weighted by Crippen LogP contribution is 2.33. The quantitative estimate of drug-likeness (QED) is 0.778. The highest BCUT2D eigenvalue weighted by molar-refractivity contribution is 5.35. The molecular weight excluding hydrogens is 188 g/mol. The normalized spacial score (nSPS) is 17.5. The Bertz CT molecular complexity index is 346. The number of anilines is 1. The highest BCUT2D eigenvalue weighted by atomic mass is 15.1. The molecule has 1 aromatic rings. The number of nitrogens with zero attached hydrogens (tertiary/aromatic N) is 2.